The molecule has 1 aromatic carbocycles. The zero-order valence-electron chi connectivity index (χ0n) is 13.6. The number of nitrogens with zero attached hydrogens (tertiary/aromatic N) is 2. The summed E-state index contributed by atoms with van der Waals surface area (Å²) in [7, 11) is 3.93. The molecule has 0 radical (unpaired) electrons. The van der Waals surface area contributed by atoms with Crippen LogP contribution in [-0.4, -0.2) is 25.9 Å². The smallest absolute Gasteiger partial charge is 0.238 e. The number of carbonyl (C=O) groups is 2. The van der Waals surface area contributed by atoms with Crippen LogP contribution >= 0.6 is 0 Å². The van der Waals surface area contributed by atoms with Crippen LogP contribution in [0.1, 0.15) is 26.7 Å². The Morgan fingerprint density at radius 3 is 1.77 bits per heavy atom. The predicted molar refractivity (Wildman–Crippen MR) is 87.9 cm³/mol. The average molecular weight is 298 g/mol. The fourth-order valence-electron chi connectivity index (χ4n) is 3.41. The van der Waals surface area contributed by atoms with Gasteiger partial charge in [0.05, 0.1) is 17.5 Å². The van der Waals surface area contributed by atoms with Gasteiger partial charge in [0.25, 0.3) is 0 Å². The molecule has 1 aliphatic heterocycles. The van der Waals surface area contributed by atoms with E-state index in [2.05, 4.69) is 13.8 Å². The second kappa shape index (κ2) is 5.27. The number of allylic oxidation sites excluding steroid dienone is 2. The summed E-state index contributed by atoms with van der Waals surface area (Å²) >= 11 is 0. The van der Waals surface area contributed by atoms with E-state index in [1.54, 1.807) is 0 Å². The first-order valence-corrected chi connectivity index (χ1v) is 7.70. The molecular formula is C18H22N2O2. The van der Waals surface area contributed by atoms with Crippen LogP contribution in [-0.2, 0) is 9.59 Å². The highest BCUT2D eigenvalue weighted by atomic mass is 16.2. The third kappa shape index (κ3) is 2.23. The predicted octanol–water partition coefficient (Wildman–Crippen LogP) is 2.99. The average Bonchev–Trinajstić information content (AvgIpc) is 2.72. The number of imide groups is 1. The second-order valence-corrected chi connectivity index (χ2v) is 6.60. The zero-order valence-corrected chi connectivity index (χ0v) is 13.6. The quantitative estimate of drug-likeness (QED) is 0.622. The minimum absolute atomic E-state index is 0.0422. The number of amides is 2. The van der Waals surface area contributed by atoms with E-state index >= 15 is 0 Å². The Labute approximate surface area is 131 Å². The van der Waals surface area contributed by atoms with Crippen molar-refractivity contribution in [2.75, 3.05) is 23.9 Å². The topological polar surface area (TPSA) is 40.6 Å². The Bertz CT molecular complexity index is 626. The van der Waals surface area contributed by atoms with E-state index in [0.717, 1.165) is 5.69 Å². The number of fused-ring (bicyclic) bond motifs is 1. The summed E-state index contributed by atoms with van der Waals surface area (Å²) in [5.41, 5.74) is 4.25. The molecule has 1 saturated heterocycles. The van der Waals surface area contributed by atoms with Gasteiger partial charge in [-0.1, -0.05) is 11.1 Å². The van der Waals surface area contributed by atoms with Crippen LogP contribution in [0.3, 0.4) is 0 Å². The molecule has 0 saturated carbocycles. The number of benzene rings is 1. The molecular weight excluding hydrogens is 276 g/mol. The fraction of sp³-hybridized carbons (Fsp3) is 0.444. The maximum Gasteiger partial charge on any atom is 0.238 e. The standard InChI is InChI=1S/C18H22N2O2/c1-11-9-15-16(10-12(11)2)18(22)20(17(15)21)14-7-5-13(6-8-14)19(3)4/h5-8,15-16H,9-10H2,1-4H3. The van der Waals surface area contributed by atoms with Gasteiger partial charge < -0.3 is 4.90 Å². The molecule has 3 rings (SSSR count). The largest absolute Gasteiger partial charge is 0.378 e. The van der Waals surface area contributed by atoms with Crippen LogP contribution in [0.15, 0.2) is 35.4 Å². The van der Waals surface area contributed by atoms with Gasteiger partial charge in [0.2, 0.25) is 11.8 Å². The Morgan fingerprint density at radius 1 is 0.909 bits per heavy atom. The lowest BCUT2D eigenvalue weighted by Crippen LogP contribution is -2.30. The highest BCUT2D eigenvalue weighted by Crippen LogP contribution is 2.42. The summed E-state index contributed by atoms with van der Waals surface area (Å²) in [6, 6.07) is 7.59. The van der Waals surface area contributed by atoms with Crippen LogP contribution in [0.4, 0.5) is 11.4 Å². The van der Waals surface area contributed by atoms with Gasteiger partial charge in [0, 0.05) is 19.8 Å². The molecule has 2 unspecified atom stereocenters. The molecule has 4 nitrogen and oxygen atoms in total. The first-order valence-electron chi connectivity index (χ1n) is 7.70. The molecule has 4 heteroatoms. The summed E-state index contributed by atoms with van der Waals surface area (Å²) in [5.74, 6) is -0.437. The van der Waals surface area contributed by atoms with Crippen LogP contribution in [0.2, 0.25) is 0 Å². The monoisotopic (exact) mass is 298 g/mol. The maximum atomic E-state index is 12.7. The van der Waals surface area contributed by atoms with Gasteiger partial charge in [-0.3, -0.25) is 14.5 Å². The van der Waals surface area contributed by atoms with Crippen molar-refractivity contribution in [2.45, 2.75) is 26.7 Å². The van der Waals surface area contributed by atoms with Gasteiger partial charge in [-0.25, -0.2) is 0 Å². The van der Waals surface area contributed by atoms with E-state index in [0.29, 0.717) is 18.5 Å². The molecule has 2 amide bonds. The lowest BCUT2D eigenvalue weighted by Gasteiger charge is -2.23. The normalized spacial score (nSPS) is 24.8. The molecule has 0 N–H and O–H groups in total. The minimum atomic E-state index is -0.176. The first-order chi connectivity index (χ1) is 10.4. The maximum absolute atomic E-state index is 12.7. The van der Waals surface area contributed by atoms with Gasteiger partial charge in [0.1, 0.15) is 0 Å². The number of hydrogen-bond acceptors (Lipinski definition) is 3. The van der Waals surface area contributed by atoms with Gasteiger partial charge in [-0.05, 0) is 51.0 Å². The van der Waals surface area contributed by atoms with Crippen molar-refractivity contribution in [1.82, 2.24) is 0 Å². The second-order valence-electron chi connectivity index (χ2n) is 6.60. The van der Waals surface area contributed by atoms with Crippen molar-refractivity contribution in [3.05, 3.63) is 35.4 Å². The van der Waals surface area contributed by atoms with Gasteiger partial charge in [0.15, 0.2) is 0 Å². The number of anilines is 2. The fourth-order valence-corrected chi connectivity index (χ4v) is 3.41. The van der Waals surface area contributed by atoms with Gasteiger partial charge in [-0.2, -0.15) is 0 Å². The number of rotatable bonds is 2. The molecule has 2 atom stereocenters. The molecule has 1 aliphatic carbocycles. The van der Waals surface area contributed by atoms with Gasteiger partial charge in [-0.15, -0.1) is 0 Å². The van der Waals surface area contributed by atoms with Crippen molar-refractivity contribution in [1.29, 1.82) is 0 Å². The lowest BCUT2D eigenvalue weighted by atomic mass is 9.78. The van der Waals surface area contributed by atoms with E-state index in [4.69, 9.17) is 0 Å². The molecule has 0 bridgehead atoms. The molecule has 2 aliphatic rings. The summed E-state index contributed by atoms with van der Waals surface area (Å²) in [6.07, 6.45) is 1.43. The van der Waals surface area contributed by atoms with Crippen molar-refractivity contribution in [3.63, 3.8) is 0 Å². The van der Waals surface area contributed by atoms with Crippen molar-refractivity contribution >= 4 is 23.2 Å². The van der Waals surface area contributed by atoms with Crippen LogP contribution in [0.25, 0.3) is 0 Å². The molecule has 0 aromatic heterocycles. The molecule has 0 spiro atoms. The van der Waals surface area contributed by atoms with Crippen LogP contribution < -0.4 is 9.80 Å². The SMILES string of the molecule is CC1=C(C)CC2C(=O)N(c3ccc(N(C)C)cc3)C(=O)C2C1. The van der Waals surface area contributed by atoms with Crippen LogP contribution in [0.5, 0.6) is 0 Å². The Hall–Kier alpha value is -2.10. The number of carbonyl (C=O) groups excluding carboxylic acids is 2. The summed E-state index contributed by atoms with van der Waals surface area (Å²) < 4.78 is 0. The summed E-state index contributed by atoms with van der Waals surface area (Å²) in [6.45, 7) is 4.13. The minimum Gasteiger partial charge on any atom is -0.378 e. The first kappa shape index (κ1) is 14.8. The molecule has 1 aromatic rings. The molecule has 1 fully saturated rings. The molecule has 22 heavy (non-hydrogen) atoms. The van der Waals surface area contributed by atoms with Crippen LogP contribution in [0, 0.1) is 11.8 Å². The summed E-state index contributed by atoms with van der Waals surface area (Å²) in [4.78, 5) is 28.8. The van der Waals surface area contributed by atoms with E-state index in [1.165, 1.54) is 16.0 Å². The van der Waals surface area contributed by atoms with Crippen molar-refractivity contribution < 1.29 is 9.59 Å². The Kier molecular flexibility index (Phi) is 3.55. The van der Waals surface area contributed by atoms with E-state index in [1.807, 2.05) is 43.3 Å². The highest BCUT2D eigenvalue weighted by molar-refractivity contribution is 6.22. The molecule has 1 heterocycles. The van der Waals surface area contributed by atoms with Gasteiger partial charge >= 0.3 is 0 Å². The van der Waals surface area contributed by atoms with Crippen molar-refractivity contribution in [3.8, 4) is 0 Å². The number of hydrogen-bond donors (Lipinski definition) is 0. The van der Waals surface area contributed by atoms with E-state index < -0.39 is 0 Å². The van der Waals surface area contributed by atoms with E-state index in [9.17, 15) is 9.59 Å². The third-order valence-corrected chi connectivity index (χ3v) is 4.97. The zero-order chi connectivity index (χ0) is 16.0. The summed E-state index contributed by atoms with van der Waals surface area (Å²) in [5, 5.41) is 0. The molecule has 116 valence electrons. The van der Waals surface area contributed by atoms with Crippen molar-refractivity contribution in [2.24, 2.45) is 11.8 Å². The Balaban J connectivity index is 1.90. The lowest BCUT2D eigenvalue weighted by molar-refractivity contribution is -0.122. The Morgan fingerprint density at radius 2 is 1.36 bits per heavy atom. The third-order valence-electron chi connectivity index (χ3n) is 4.97. The van der Waals surface area contributed by atoms with E-state index in [-0.39, 0.29) is 23.7 Å². The highest BCUT2D eigenvalue weighted by Gasteiger charge is 2.49.